The van der Waals surface area contributed by atoms with E-state index in [1.54, 1.807) is 18.2 Å². The highest BCUT2D eigenvalue weighted by atomic mass is 16.7. The fraction of sp³-hybridized carbons (Fsp3) is 0.500. The van der Waals surface area contributed by atoms with Gasteiger partial charge >= 0.3 is 0 Å². The van der Waals surface area contributed by atoms with Gasteiger partial charge in [-0.3, -0.25) is 0 Å². The maximum atomic E-state index is 9.58. The highest BCUT2D eigenvalue weighted by molar-refractivity contribution is 5.10. The molecule has 4 atom stereocenters. The van der Waals surface area contributed by atoms with E-state index in [0.29, 0.717) is 0 Å². The van der Waals surface area contributed by atoms with Gasteiger partial charge in [-0.25, -0.2) is 4.98 Å². The van der Waals surface area contributed by atoms with Crippen molar-refractivity contribution in [3.8, 4) is 5.88 Å². The summed E-state index contributed by atoms with van der Waals surface area (Å²) in [5, 5.41) is 27.9. The fourth-order valence-electron chi connectivity index (χ4n) is 1.50. The summed E-state index contributed by atoms with van der Waals surface area (Å²) in [6.45, 7) is -0.375. The van der Waals surface area contributed by atoms with Crippen LogP contribution in [0.1, 0.15) is 0 Å². The van der Waals surface area contributed by atoms with Crippen molar-refractivity contribution in [1.82, 2.24) is 4.98 Å². The van der Waals surface area contributed by atoms with Crippen molar-refractivity contribution in [3.63, 3.8) is 0 Å². The molecule has 1 fully saturated rings. The van der Waals surface area contributed by atoms with Crippen molar-refractivity contribution in [1.29, 1.82) is 0 Å². The van der Waals surface area contributed by atoms with Crippen LogP contribution < -0.4 is 4.74 Å². The second-order valence-corrected chi connectivity index (χ2v) is 3.49. The lowest BCUT2D eigenvalue weighted by Gasteiger charge is -2.15. The normalized spacial score (nSPS) is 33.9. The van der Waals surface area contributed by atoms with Crippen LogP contribution in [0.2, 0.25) is 0 Å². The van der Waals surface area contributed by atoms with Crippen molar-refractivity contribution in [3.05, 3.63) is 24.4 Å². The third-order valence-electron chi connectivity index (χ3n) is 2.37. The van der Waals surface area contributed by atoms with Crippen molar-refractivity contribution in [2.75, 3.05) is 6.61 Å². The number of aliphatic hydroxyl groups is 3. The molecule has 0 saturated carbocycles. The Morgan fingerprint density at radius 2 is 2.12 bits per heavy atom. The van der Waals surface area contributed by atoms with Gasteiger partial charge in [-0.05, 0) is 6.07 Å². The molecule has 88 valence electrons. The molecule has 0 amide bonds. The van der Waals surface area contributed by atoms with Crippen molar-refractivity contribution in [2.45, 2.75) is 24.6 Å². The molecule has 6 nitrogen and oxygen atoms in total. The predicted molar refractivity (Wildman–Crippen MR) is 52.6 cm³/mol. The molecule has 0 aromatic carbocycles. The average Bonchev–Trinajstić information content (AvgIpc) is 2.58. The fourth-order valence-corrected chi connectivity index (χ4v) is 1.50. The highest BCUT2D eigenvalue weighted by Gasteiger charge is 2.44. The molecule has 0 spiro atoms. The largest absolute Gasteiger partial charge is 0.445 e. The van der Waals surface area contributed by atoms with Crippen LogP contribution in [0.5, 0.6) is 5.88 Å². The van der Waals surface area contributed by atoms with Crippen molar-refractivity contribution < 1.29 is 24.8 Å². The quantitative estimate of drug-likeness (QED) is 0.607. The summed E-state index contributed by atoms with van der Waals surface area (Å²) in [6, 6.07) is 5.06. The van der Waals surface area contributed by atoms with E-state index < -0.39 is 24.6 Å². The minimum absolute atomic E-state index is 0.289. The van der Waals surface area contributed by atoms with Crippen LogP contribution in [0.4, 0.5) is 0 Å². The molecule has 0 bridgehead atoms. The first-order valence-electron chi connectivity index (χ1n) is 4.92. The van der Waals surface area contributed by atoms with Crippen LogP contribution in [0, 0.1) is 0 Å². The molecule has 0 aliphatic carbocycles. The van der Waals surface area contributed by atoms with E-state index in [1.165, 1.54) is 6.20 Å². The molecule has 3 N–H and O–H groups in total. The highest BCUT2D eigenvalue weighted by Crippen LogP contribution is 2.23. The van der Waals surface area contributed by atoms with Crippen molar-refractivity contribution in [2.24, 2.45) is 0 Å². The van der Waals surface area contributed by atoms with E-state index in [0.717, 1.165) is 0 Å². The summed E-state index contributed by atoms with van der Waals surface area (Å²) in [7, 11) is 0. The Kier molecular flexibility index (Phi) is 3.35. The van der Waals surface area contributed by atoms with Gasteiger partial charge in [-0.15, -0.1) is 0 Å². The molecular weight excluding hydrogens is 214 g/mol. The molecule has 1 aromatic heterocycles. The van der Waals surface area contributed by atoms with Gasteiger partial charge < -0.3 is 24.8 Å². The van der Waals surface area contributed by atoms with Crippen LogP contribution in [0.3, 0.4) is 0 Å². The van der Waals surface area contributed by atoms with Gasteiger partial charge in [-0.1, -0.05) is 6.07 Å². The molecule has 6 heteroatoms. The van der Waals surface area contributed by atoms with Crippen LogP contribution in [0.25, 0.3) is 0 Å². The molecule has 0 unspecified atom stereocenters. The van der Waals surface area contributed by atoms with Gasteiger partial charge in [0.1, 0.15) is 18.3 Å². The number of aliphatic hydroxyl groups excluding tert-OH is 3. The number of aromatic nitrogens is 1. The van der Waals surface area contributed by atoms with E-state index in [1.807, 2.05) is 0 Å². The first-order chi connectivity index (χ1) is 7.72. The Labute approximate surface area is 92.1 Å². The number of hydrogen-bond donors (Lipinski definition) is 3. The van der Waals surface area contributed by atoms with Gasteiger partial charge in [0.2, 0.25) is 12.2 Å². The van der Waals surface area contributed by atoms with Crippen LogP contribution in [-0.2, 0) is 4.74 Å². The zero-order valence-electron chi connectivity index (χ0n) is 8.43. The Hall–Kier alpha value is -1.21. The molecule has 1 aliphatic rings. The summed E-state index contributed by atoms with van der Waals surface area (Å²) in [4.78, 5) is 3.90. The molecule has 1 saturated heterocycles. The smallest absolute Gasteiger partial charge is 0.231 e. The van der Waals surface area contributed by atoms with Crippen molar-refractivity contribution >= 4 is 0 Å². The zero-order valence-corrected chi connectivity index (χ0v) is 8.43. The first-order valence-corrected chi connectivity index (χ1v) is 4.92. The number of nitrogens with zero attached hydrogens (tertiary/aromatic N) is 1. The Morgan fingerprint density at radius 3 is 2.69 bits per heavy atom. The number of pyridine rings is 1. The lowest BCUT2D eigenvalue weighted by molar-refractivity contribution is -0.118. The van der Waals surface area contributed by atoms with E-state index in [9.17, 15) is 10.2 Å². The molecule has 1 aliphatic heterocycles. The first kappa shape index (κ1) is 11.3. The number of ether oxygens (including phenoxy) is 2. The topological polar surface area (TPSA) is 92.0 Å². The number of hydrogen-bond acceptors (Lipinski definition) is 6. The maximum Gasteiger partial charge on any atom is 0.231 e. The van der Waals surface area contributed by atoms with Gasteiger partial charge in [-0.2, -0.15) is 0 Å². The average molecular weight is 227 g/mol. The standard InChI is InChI=1S/C10H13NO5/c12-5-6-8(13)9(14)10(15-6)16-7-3-1-2-4-11-7/h1-4,6,8-10,12-14H,5H2/t6-,8+,9-,10-/m1/s1. The molecule has 16 heavy (non-hydrogen) atoms. The zero-order chi connectivity index (χ0) is 11.5. The summed E-state index contributed by atoms with van der Waals surface area (Å²) in [5.41, 5.74) is 0. The van der Waals surface area contributed by atoms with Crippen LogP contribution in [0.15, 0.2) is 24.4 Å². The third-order valence-corrected chi connectivity index (χ3v) is 2.37. The van der Waals surface area contributed by atoms with E-state index in [-0.39, 0.29) is 12.5 Å². The Morgan fingerprint density at radius 1 is 1.31 bits per heavy atom. The van der Waals surface area contributed by atoms with Crippen LogP contribution in [-0.4, -0.2) is 51.5 Å². The second kappa shape index (κ2) is 4.75. The summed E-state index contributed by atoms with van der Waals surface area (Å²) in [5.74, 6) is 0.289. The lowest BCUT2D eigenvalue weighted by atomic mass is 10.1. The molecule has 0 radical (unpaired) electrons. The van der Waals surface area contributed by atoms with Gasteiger partial charge in [0.15, 0.2) is 0 Å². The predicted octanol–water partition coefficient (Wildman–Crippen LogP) is -1.10. The van der Waals surface area contributed by atoms with E-state index in [4.69, 9.17) is 14.6 Å². The summed E-state index contributed by atoms with van der Waals surface area (Å²) >= 11 is 0. The van der Waals surface area contributed by atoms with Gasteiger partial charge in [0.05, 0.1) is 6.61 Å². The maximum absolute atomic E-state index is 9.58. The summed E-state index contributed by atoms with van der Waals surface area (Å²) in [6.07, 6.45) is -2.65. The van der Waals surface area contributed by atoms with E-state index in [2.05, 4.69) is 4.98 Å². The summed E-state index contributed by atoms with van der Waals surface area (Å²) < 4.78 is 10.4. The molecular formula is C10H13NO5. The monoisotopic (exact) mass is 227 g/mol. The Bertz CT molecular complexity index is 333. The minimum Gasteiger partial charge on any atom is -0.445 e. The lowest BCUT2D eigenvalue weighted by Crippen LogP contribution is -2.35. The minimum atomic E-state index is -1.20. The Balaban J connectivity index is 2.01. The SMILES string of the molecule is OC[C@H]1O[C@H](Oc2ccccn2)[C@H](O)[C@H]1O. The molecule has 2 rings (SSSR count). The van der Waals surface area contributed by atoms with Gasteiger partial charge in [0.25, 0.3) is 0 Å². The van der Waals surface area contributed by atoms with Gasteiger partial charge in [0, 0.05) is 12.3 Å². The second-order valence-electron chi connectivity index (χ2n) is 3.49. The third kappa shape index (κ3) is 2.14. The van der Waals surface area contributed by atoms with Crippen LogP contribution >= 0.6 is 0 Å². The molecule has 2 heterocycles. The molecule has 1 aromatic rings. The number of rotatable bonds is 3. The van der Waals surface area contributed by atoms with E-state index >= 15 is 0 Å².